The van der Waals surface area contributed by atoms with Crippen molar-refractivity contribution in [3.63, 3.8) is 0 Å². The summed E-state index contributed by atoms with van der Waals surface area (Å²) in [6, 6.07) is 4.81. The minimum absolute atomic E-state index is 0.206. The van der Waals surface area contributed by atoms with E-state index in [0.29, 0.717) is 31.6 Å². The molecule has 0 fully saturated rings. The summed E-state index contributed by atoms with van der Waals surface area (Å²) >= 11 is 1.52. The number of thiophene rings is 1. The smallest absolute Gasteiger partial charge is 0.250 e. The number of methoxy groups -OCH3 is 1. The number of ether oxygens (including phenoxy) is 2. The average molecular weight is 321 g/mol. The lowest BCUT2D eigenvalue weighted by atomic mass is 10.0. The highest BCUT2D eigenvalue weighted by molar-refractivity contribution is 7.12. The molecule has 2 heterocycles. The van der Waals surface area contributed by atoms with Crippen LogP contribution in [-0.4, -0.2) is 19.6 Å². The number of rotatable bonds is 4. The first-order valence-corrected chi connectivity index (χ1v) is 7.75. The first kappa shape index (κ1) is 15.0. The van der Waals surface area contributed by atoms with Gasteiger partial charge in [-0.2, -0.15) is 0 Å². The van der Waals surface area contributed by atoms with Crippen LogP contribution in [0.2, 0.25) is 0 Å². The molecule has 1 amide bonds. The van der Waals surface area contributed by atoms with Crippen LogP contribution < -0.4 is 10.5 Å². The number of fused-ring (bicyclic) bond motifs is 1. The summed E-state index contributed by atoms with van der Waals surface area (Å²) < 4.78 is 24.1. The summed E-state index contributed by atoms with van der Waals surface area (Å²) in [4.78, 5) is 13.7. The minimum Gasteiger partial charge on any atom is -0.494 e. The zero-order valence-corrected chi connectivity index (χ0v) is 13.0. The second kappa shape index (κ2) is 6.06. The first-order valence-electron chi connectivity index (χ1n) is 6.93. The summed E-state index contributed by atoms with van der Waals surface area (Å²) in [6.07, 6.45) is 1.16. The Kier molecular flexibility index (Phi) is 4.13. The standard InChI is InChI=1S/C16H16FNO3S/c1-20-12-3-2-9(6-11(12)17)7-13-15(16(18)19)10-4-5-21-8-14(10)22-13/h2-3,6H,4-5,7-8H2,1H3,(H2,18,19). The molecule has 0 saturated carbocycles. The molecule has 2 aromatic rings. The third-order valence-corrected chi connectivity index (χ3v) is 4.93. The van der Waals surface area contributed by atoms with E-state index in [9.17, 15) is 9.18 Å². The van der Waals surface area contributed by atoms with Crippen molar-refractivity contribution in [3.8, 4) is 5.75 Å². The van der Waals surface area contributed by atoms with Crippen LogP contribution in [0.4, 0.5) is 4.39 Å². The van der Waals surface area contributed by atoms with Crippen molar-refractivity contribution in [3.05, 3.63) is 50.5 Å². The van der Waals surface area contributed by atoms with E-state index in [1.165, 1.54) is 24.5 Å². The fourth-order valence-electron chi connectivity index (χ4n) is 2.70. The fourth-order valence-corrected chi connectivity index (χ4v) is 4.04. The van der Waals surface area contributed by atoms with E-state index in [4.69, 9.17) is 15.2 Å². The van der Waals surface area contributed by atoms with E-state index in [1.54, 1.807) is 12.1 Å². The molecule has 3 rings (SSSR count). The monoisotopic (exact) mass is 321 g/mol. The minimum atomic E-state index is -0.427. The Morgan fingerprint density at radius 1 is 1.50 bits per heavy atom. The predicted octanol–water partition coefficient (Wildman–Crippen LogP) is 2.66. The van der Waals surface area contributed by atoms with Gasteiger partial charge in [-0.1, -0.05) is 6.07 Å². The van der Waals surface area contributed by atoms with E-state index < -0.39 is 11.7 Å². The molecule has 6 heteroatoms. The first-order chi connectivity index (χ1) is 10.6. The number of carbonyl (C=O) groups excluding carboxylic acids is 1. The number of amides is 1. The van der Waals surface area contributed by atoms with Crippen LogP contribution in [0.5, 0.6) is 5.75 Å². The van der Waals surface area contributed by atoms with Crippen molar-refractivity contribution >= 4 is 17.2 Å². The highest BCUT2D eigenvalue weighted by Crippen LogP contribution is 2.34. The van der Waals surface area contributed by atoms with Gasteiger partial charge in [0.1, 0.15) is 0 Å². The molecule has 22 heavy (non-hydrogen) atoms. The lowest BCUT2D eigenvalue weighted by Crippen LogP contribution is -2.17. The maximum absolute atomic E-state index is 13.8. The quantitative estimate of drug-likeness (QED) is 0.942. The van der Waals surface area contributed by atoms with Crippen molar-refractivity contribution in [1.29, 1.82) is 0 Å². The lowest BCUT2D eigenvalue weighted by molar-refractivity contribution is 0.0989. The molecule has 1 aromatic carbocycles. The Hall–Kier alpha value is -1.92. The van der Waals surface area contributed by atoms with Crippen molar-refractivity contribution in [2.24, 2.45) is 5.73 Å². The number of hydrogen-bond donors (Lipinski definition) is 1. The van der Waals surface area contributed by atoms with Crippen LogP contribution in [-0.2, 0) is 24.2 Å². The van der Waals surface area contributed by atoms with Gasteiger partial charge in [0.05, 0.1) is 25.9 Å². The van der Waals surface area contributed by atoms with Crippen LogP contribution >= 0.6 is 11.3 Å². The summed E-state index contributed by atoms with van der Waals surface area (Å²) in [5, 5.41) is 0. The Morgan fingerprint density at radius 3 is 3.00 bits per heavy atom. The van der Waals surface area contributed by atoms with Gasteiger partial charge in [0.2, 0.25) is 5.91 Å². The summed E-state index contributed by atoms with van der Waals surface area (Å²) in [5.74, 6) is -0.633. The van der Waals surface area contributed by atoms with E-state index in [-0.39, 0.29) is 5.75 Å². The van der Waals surface area contributed by atoms with Crippen LogP contribution in [0.1, 0.15) is 31.2 Å². The summed E-state index contributed by atoms with van der Waals surface area (Å²) in [6.45, 7) is 1.11. The summed E-state index contributed by atoms with van der Waals surface area (Å²) in [5.41, 5.74) is 7.90. The van der Waals surface area contributed by atoms with Crippen molar-refractivity contribution in [1.82, 2.24) is 0 Å². The molecule has 2 N–H and O–H groups in total. The molecule has 0 atom stereocenters. The van der Waals surface area contributed by atoms with Gasteiger partial charge in [0.25, 0.3) is 0 Å². The second-order valence-corrected chi connectivity index (χ2v) is 6.30. The molecule has 1 aromatic heterocycles. The number of benzene rings is 1. The summed E-state index contributed by atoms with van der Waals surface area (Å²) in [7, 11) is 1.43. The van der Waals surface area contributed by atoms with Gasteiger partial charge in [0, 0.05) is 16.2 Å². The maximum Gasteiger partial charge on any atom is 0.250 e. The Morgan fingerprint density at radius 2 is 2.32 bits per heavy atom. The molecular formula is C16H16FNO3S. The fraction of sp³-hybridized carbons (Fsp3) is 0.312. The molecule has 0 bridgehead atoms. The van der Waals surface area contributed by atoms with Crippen LogP contribution in [0, 0.1) is 5.82 Å². The van der Waals surface area contributed by atoms with E-state index in [2.05, 4.69) is 0 Å². The normalized spacial score (nSPS) is 13.7. The molecular weight excluding hydrogens is 305 g/mol. The van der Waals surface area contributed by atoms with Gasteiger partial charge in [0.15, 0.2) is 11.6 Å². The Labute approximate surface area is 131 Å². The third kappa shape index (κ3) is 2.71. The second-order valence-electron chi connectivity index (χ2n) is 5.11. The lowest BCUT2D eigenvalue weighted by Gasteiger charge is -2.12. The highest BCUT2D eigenvalue weighted by atomic mass is 32.1. The maximum atomic E-state index is 13.8. The van der Waals surface area contributed by atoms with Gasteiger partial charge in [-0.15, -0.1) is 11.3 Å². The molecule has 1 aliphatic rings. The molecule has 0 radical (unpaired) electrons. The van der Waals surface area contributed by atoms with Crippen LogP contribution in [0.25, 0.3) is 0 Å². The SMILES string of the molecule is COc1ccc(Cc2sc3c(c2C(N)=O)CCOC3)cc1F. The number of carbonyl (C=O) groups is 1. The zero-order valence-electron chi connectivity index (χ0n) is 12.1. The predicted molar refractivity (Wildman–Crippen MR) is 82.0 cm³/mol. The molecule has 116 valence electrons. The van der Waals surface area contributed by atoms with Crippen molar-refractivity contribution in [2.45, 2.75) is 19.4 Å². The van der Waals surface area contributed by atoms with Crippen LogP contribution in [0.3, 0.4) is 0 Å². The molecule has 0 saturated heterocycles. The highest BCUT2D eigenvalue weighted by Gasteiger charge is 2.24. The Balaban J connectivity index is 1.96. The molecule has 0 aliphatic carbocycles. The van der Waals surface area contributed by atoms with Crippen molar-refractivity contribution in [2.75, 3.05) is 13.7 Å². The molecule has 1 aliphatic heterocycles. The van der Waals surface area contributed by atoms with Gasteiger partial charge >= 0.3 is 0 Å². The van der Waals surface area contributed by atoms with Crippen molar-refractivity contribution < 1.29 is 18.7 Å². The molecule has 0 spiro atoms. The van der Waals surface area contributed by atoms with Gasteiger partial charge in [-0.25, -0.2) is 4.39 Å². The van der Waals surface area contributed by atoms with E-state index >= 15 is 0 Å². The molecule has 4 nitrogen and oxygen atoms in total. The van der Waals surface area contributed by atoms with E-state index in [1.807, 2.05) is 0 Å². The van der Waals surface area contributed by atoms with Crippen LogP contribution in [0.15, 0.2) is 18.2 Å². The topological polar surface area (TPSA) is 61.5 Å². The average Bonchev–Trinajstić information content (AvgIpc) is 2.85. The van der Waals surface area contributed by atoms with Gasteiger partial charge in [-0.3, -0.25) is 4.79 Å². The third-order valence-electron chi connectivity index (χ3n) is 3.72. The van der Waals surface area contributed by atoms with Gasteiger partial charge < -0.3 is 15.2 Å². The van der Waals surface area contributed by atoms with E-state index in [0.717, 1.165) is 20.9 Å². The largest absolute Gasteiger partial charge is 0.494 e. The number of primary amides is 1. The molecule has 0 unspecified atom stereocenters. The zero-order chi connectivity index (χ0) is 15.7. The number of hydrogen-bond acceptors (Lipinski definition) is 4. The van der Waals surface area contributed by atoms with Gasteiger partial charge in [-0.05, 0) is 29.7 Å². The number of halogens is 1. The Bertz CT molecular complexity index is 726. The number of nitrogens with two attached hydrogens (primary N) is 1.